The number of carbonyl (C=O) groups excluding carboxylic acids is 3. The van der Waals surface area contributed by atoms with E-state index in [1.807, 2.05) is 0 Å². The van der Waals surface area contributed by atoms with Gasteiger partial charge in [-0.3, -0.25) is 14.4 Å². The summed E-state index contributed by atoms with van der Waals surface area (Å²) in [6, 6.07) is 0.0703. The van der Waals surface area contributed by atoms with Gasteiger partial charge in [-0.15, -0.1) is 0 Å². The van der Waals surface area contributed by atoms with Gasteiger partial charge in [-0.2, -0.15) is 0 Å². The minimum Gasteiger partial charge on any atom is -0.462 e. The molecule has 27 heavy (non-hydrogen) atoms. The third-order valence-electron chi connectivity index (χ3n) is 7.70. The van der Waals surface area contributed by atoms with E-state index in [9.17, 15) is 14.4 Å². The Morgan fingerprint density at radius 3 is 2.67 bits per heavy atom. The molecule has 0 aromatic heterocycles. The molecule has 0 spiro atoms. The number of amides is 2. The van der Waals surface area contributed by atoms with Gasteiger partial charge in [0.05, 0.1) is 0 Å². The molecule has 0 aromatic carbocycles. The molecule has 6 heteroatoms. The molecule has 3 fully saturated rings. The summed E-state index contributed by atoms with van der Waals surface area (Å²) in [7, 11) is 0. The molecule has 6 atom stereocenters. The highest BCUT2D eigenvalue weighted by Crippen LogP contribution is 2.55. The van der Waals surface area contributed by atoms with E-state index in [2.05, 4.69) is 24.5 Å². The van der Waals surface area contributed by atoms with Crippen LogP contribution in [0.25, 0.3) is 0 Å². The van der Waals surface area contributed by atoms with E-state index in [0.29, 0.717) is 18.8 Å². The molecule has 0 bridgehead atoms. The van der Waals surface area contributed by atoms with Gasteiger partial charge in [-0.1, -0.05) is 12.5 Å². The second kappa shape index (κ2) is 6.35. The molecule has 2 saturated carbocycles. The van der Waals surface area contributed by atoms with Crippen molar-refractivity contribution in [3.8, 4) is 0 Å². The van der Waals surface area contributed by atoms with Gasteiger partial charge < -0.3 is 15.4 Å². The first-order valence-electron chi connectivity index (χ1n) is 10.2. The number of carbonyl (C=O) groups is 3. The second-order valence-corrected chi connectivity index (χ2v) is 9.35. The molecule has 1 saturated heterocycles. The van der Waals surface area contributed by atoms with Gasteiger partial charge in [-0.25, -0.2) is 0 Å². The van der Waals surface area contributed by atoms with Gasteiger partial charge in [0.25, 0.3) is 0 Å². The SMILES string of the molecule is CC(=O)O[C@H]1CC[C@@]2(C)C(=CC(=O)N[C@@H]3[C@@H]2CC[C@]2(C)NC(=O)CC[C@@H]32)C1. The van der Waals surface area contributed by atoms with E-state index in [1.165, 1.54) is 6.92 Å². The van der Waals surface area contributed by atoms with Crippen LogP contribution in [0, 0.1) is 17.3 Å². The summed E-state index contributed by atoms with van der Waals surface area (Å²) in [5, 5.41) is 6.49. The molecule has 0 radical (unpaired) electrons. The zero-order chi connectivity index (χ0) is 19.4. The molecule has 2 heterocycles. The van der Waals surface area contributed by atoms with Gasteiger partial charge in [0, 0.05) is 43.3 Å². The van der Waals surface area contributed by atoms with Crippen LogP contribution in [-0.4, -0.2) is 35.5 Å². The van der Waals surface area contributed by atoms with Crippen LogP contribution in [0.5, 0.6) is 0 Å². The summed E-state index contributed by atoms with van der Waals surface area (Å²) in [4.78, 5) is 36.1. The number of hydrogen-bond acceptors (Lipinski definition) is 4. The third kappa shape index (κ3) is 3.07. The summed E-state index contributed by atoms with van der Waals surface area (Å²) >= 11 is 0. The van der Waals surface area contributed by atoms with Crippen LogP contribution in [0.3, 0.4) is 0 Å². The lowest BCUT2D eigenvalue weighted by atomic mass is 9.53. The summed E-state index contributed by atoms with van der Waals surface area (Å²) in [6.07, 6.45) is 7.30. The Labute approximate surface area is 160 Å². The Morgan fingerprint density at radius 1 is 1.15 bits per heavy atom. The highest BCUT2D eigenvalue weighted by molar-refractivity contribution is 5.89. The van der Waals surface area contributed by atoms with Gasteiger partial charge >= 0.3 is 5.97 Å². The van der Waals surface area contributed by atoms with E-state index < -0.39 is 0 Å². The lowest BCUT2D eigenvalue weighted by Gasteiger charge is -2.56. The molecule has 4 rings (SSSR count). The largest absolute Gasteiger partial charge is 0.462 e. The minimum absolute atomic E-state index is 0.0478. The number of rotatable bonds is 1. The number of ether oxygens (including phenoxy) is 1. The fraction of sp³-hybridized carbons (Fsp3) is 0.762. The van der Waals surface area contributed by atoms with Crippen molar-refractivity contribution in [1.29, 1.82) is 0 Å². The molecular weight excluding hydrogens is 344 g/mol. The average molecular weight is 374 g/mol. The molecule has 2 N–H and O–H groups in total. The van der Waals surface area contributed by atoms with E-state index in [4.69, 9.17) is 4.74 Å². The van der Waals surface area contributed by atoms with Crippen molar-refractivity contribution in [3.05, 3.63) is 11.6 Å². The Kier molecular flexibility index (Phi) is 4.35. The second-order valence-electron chi connectivity index (χ2n) is 9.35. The number of fused-ring (bicyclic) bond motifs is 5. The van der Waals surface area contributed by atoms with E-state index in [0.717, 1.165) is 37.7 Å². The molecule has 2 aliphatic heterocycles. The Morgan fingerprint density at radius 2 is 1.93 bits per heavy atom. The number of hydrogen-bond donors (Lipinski definition) is 2. The monoisotopic (exact) mass is 374 g/mol. The molecule has 2 amide bonds. The Bertz CT molecular complexity index is 717. The quantitative estimate of drug-likeness (QED) is 0.690. The average Bonchev–Trinajstić information content (AvgIpc) is 2.67. The van der Waals surface area contributed by atoms with Crippen LogP contribution in [0.4, 0.5) is 0 Å². The van der Waals surface area contributed by atoms with Crippen molar-refractivity contribution < 1.29 is 19.1 Å². The maximum absolute atomic E-state index is 12.7. The maximum atomic E-state index is 12.7. The van der Waals surface area contributed by atoms with Crippen LogP contribution in [0.15, 0.2) is 11.6 Å². The number of piperidine rings is 1. The first-order chi connectivity index (χ1) is 12.7. The van der Waals surface area contributed by atoms with Crippen molar-refractivity contribution in [1.82, 2.24) is 10.6 Å². The lowest BCUT2D eigenvalue weighted by molar-refractivity contribution is -0.148. The summed E-state index contributed by atoms with van der Waals surface area (Å²) in [5.41, 5.74) is 0.816. The standard InChI is InChI=1S/C21H30N2O4/c1-12(24)27-14-6-8-20(2)13(10-14)11-18(26)22-19-15(20)7-9-21(3)16(19)4-5-17(25)23-21/h11,14-16,19H,4-10H2,1-3H3,(H,22,26)(H,23,25)/t14-,15-,16-,19+,20-,21-/m0/s1. The number of nitrogens with one attached hydrogen (secondary N) is 2. The summed E-state index contributed by atoms with van der Waals surface area (Å²) < 4.78 is 5.45. The predicted molar refractivity (Wildman–Crippen MR) is 99.5 cm³/mol. The van der Waals surface area contributed by atoms with E-state index in [-0.39, 0.29) is 46.8 Å². The van der Waals surface area contributed by atoms with Gasteiger partial charge in [0.2, 0.25) is 11.8 Å². The lowest BCUT2D eigenvalue weighted by Crippen LogP contribution is -2.66. The van der Waals surface area contributed by atoms with Crippen molar-refractivity contribution in [2.75, 3.05) is 0 Å². The van der Waals surface area contributed by atoms with Crippen molar-refractivity contribution in [3.63, 3.8) is 0 Å². The highest BCUT2D eigenvalue weighted by Gasteiger charge is 2.56. The molecule has 4 aliphatic rings. The van der Waals surface area contributed by atoms with Gasteiger partial charge in [0.1, 0.15) is 6.10 Å². The normalized spacial score (nSPS) is 43.7. The fourth-order valence-corrected chi connectivity index (χ4v) is 6.28. The molecule has 0 unspecified atom stereocenters. The van der Waals surface area contributed by atoms with Crippen LogP contribution in [-0.2, 0) is 19.1 Å². The topological polar surface area (TPSA) is 84.5 Å². The Balaban J connectivity index is 1.64. The van der Waals surface area contributed by atoms with Crippen molar-refractivity contribution in [2.24, 2.45) is 17.3 Å². The third-order valence-corrected chi connectivity index (χ3v) is 7.70. The Hall–Kier alpha value is -1.85. The highest BCUT2D eigenvalue weighted by atomic mass is 16.5. The zero-order valence-corrected chi connectivity index (χ0v) is 16.5. The summed E-state index contributed by atoms with van der Waals surface area (Å²) in [5.74, 6) is 0.425. The number of esters is 1. The van der Waals surface area contributed by atoms with Crippen LogP contribution < -0.4 is 10.6 Å². The molecule has 2 aliphatic carbocycles. The molecule has 148 valence electrons. The van der Waals surface area contributed by atoms with E-state index >= 15 is 0 Å². The fourth-order valence-electron chi connectivity index (χ4n) is 6.28. The van der Waals surface area contributed by atoms with Crippen LogP contribution >= 0.6 is 0 Å². The molecule has 6 nitrogen and oxygen atoms in total. The first-order valence-corrected chi connectivity index (χ1v) is 10.2. The molecule has 0 aromatic rings. The predicted octanol–water partition coefficient (Wildman–Crippen LogP) is 2.23. The molecular formula is C21H30N2O4. The van der Waals surface area contributed by atoms with Crippen molar-refractivity contribution >= 4 is 17.8 Å². The van der Waals surface area contributed by atoms with Gasteiger partial charge in [-0.05, 0) is 50.4 Å². The van der Waals surface area contributed by atoms with Crippen molar-refractivity contribution in [2.45, 2.75) is 83.4 Å². The first kappa shape index (κ1) is 18.5. The zero-order valence-electron chi connectivity index (χ0n) is 16.5. The van der Waals surface area contributed by atoms with Crippen LogP contribution in [0.1, 0.15) is 65.7 Å². The van der Waals surface area contributed by atoms with Crippen LogP contribution in [0.2, 0.25) is 0 Å². The summed E-state index contributed by atoms with van der Waals surface area (Å²) in [6.45, 7) is 5.86. The van der Waals surface area contributed by atoms with Gasteiger partial charge in [0.15, 0.2) is 0 Å². The maximum Gasteiger partial charge on any atom is 0.302 e. The minimum atomic E-state index is -0.258. The van der Waals surface area contributed by atoms with E-state index in [1.54, 1.807) is 6.08 Å². The smallest absolute Gasteiger partial charge is 0.302 e.